The van der Waals surface area contributed by atoms with Crippen molar-refractivity contribution in [3.63, 3.8) is 0 Å². The van der Waals surface area contributed by atoms with Crippen LogP contribution in [0.25, 0.3) is 0 Å². The third-order valence-electron chi connectivity index (χ3n) is 2.58. The van der Waals surface area contributed by atoms with E-state index >= 15 is 0 Å². The van der Waals surface area contributed by atoms with Gasteiger partial charge in [-0.15, -0.1) is 11.6 Å². The van der Waals surface area contributed by atoms with Crippen LogP contribution in [0, 0.1) is 0 Å². The summed E-state index contributed by atoms with van der Waals surface area (Å²) in [5, 5.41) is 2.71. The number of rotatable bonds is 10. The number of nitrogens with zero attached hydrogens (tertiary/aromatic N) is 1. The zero-order valence-corrected chi connectivity index (χ0v) is 12.6. The summed E-state index contributed by atoms with van der Waals surface area (Å²) in [5.74, 6) is 0.686. The molecular formula is C13H29ClN2O. The van der Waals surface area contributed by atoms with Gasteiger partial charge in [-0.1, -0.05) is 27.7 Å². The maximum absolute atomic E-state index is 10.2. The van der Waals surface area contributed by atoms with Crippen molar-refractivity contribution in [2.45, 2.75) is 53.0 Å². The number of nitrogens with one attached hydrogen (secondary N) is 1. The van der Waals surface area contributed by atoms with E-state index in [1.54, 1.807) is 0 Å². The Balaban J connectivity index is 0. The van der Waals surface area contributed by atoms with E-state index < -0.39 is 0 Å². The van der Waals surface area contributed by atoms with E-state index in [-0.39, 0.29) is 0 Å². The number of halogens is 1. The molecule has 3 nitrogen and oxygen atoms in total. The number of alkyl halides is 1. The lowest BCUT2D eigenvalue weighted by Gasteiger charge is -2.30. The second-order valence-corrected chi connectivity index (χ2v) is 4.00. The minimum absolute atomic E-state index is 0.500. The Morgan fingerprint density at radius 1 is 1.29 bits per heavy atom. The third kappa shape index (κ3) is 10.6. The van der Waals surface area contributed by atoms with Crippen molar-refractivity contribution in [3.8, 4) is 0 Å². The molecule has 0 saturated carbocycles. The average molecular weight is 265 g/mol. The summed E-state index contributed by atoms with van der Waals surface area (Å²) in [6, 6.07) is 0.500. The molecule has 0 aromatic rings. The van der Waals surface area contributed by atoms with Crippen molar-refractivity contribution in [3.05, 3.63) is 0 Å². The van der Waals surface area contributed by atoms with Crippen LogP contribution >= 0.6 is 11.6 Å². The smallest absolute Gasteiger partial charge is 0.207 e. The Bertz CT molecular complexity index is 156. The molecule has 0 saturated heterocycles. The quantitative estimate of drug-likeness (QED) is 0.374. The van der Waals surface area contributed by atoms with E-state index in [1.807, 2.05) is 13.8 Å². The second kappa shape index (κ2) is 15.7. The molecule has 1 atom stereocenters. The van der Waals surface area contributed by atoms with Crippen LogP contribution in [0.3, 0.4) is 0 Å². The molecular weight excluding hydrogens is 236 g/mol. The van der Waals surface area contributed by atoms with Crippen LogP contribution in [0.1, 0.15) is 47.0 Å². The summed E-state index contributed by atoms with van der Waals surface area (Å²) < 4.78 is 0. The molecule has 0 aliphatic heterocycles. The molecule has 104 valence electrons. The Morgan fingerprint density at radius 3 is 2.35 bits per heavy atom. The molecule has 17 heavy (non-hydrogen) atoms. The van der Waals surface area contributed by atoms with Gasteiger partial charge in [0.15, 0.2) is 0 Å². The van der Waals surface area contributed by atoms with Gasteiger partial charge in [0.2, 0.25) is 6.41 Å². The molecule has 1 N–H and O–H groups in total. The van der Waals surface area contributed by atoms with Crippen LogP contribution in [0.2, 0.25) is 0 Å². The molecule has 0 aromatic heterocycles. The van der Waals surface area contributed by atoms with Crippen molar-refractivity contribution >= 4 is 18.0 Å². The highest BCUT2D eigenvalue weighted by Gasteiger charge is 2.14. The number of amides is 1. The molecule has 0 spiro atoms. The number of carbonyl (C=O) groups excluding carboxylic acids is 1. The lowest BCUT2D eigenvalue weighted by Crippen LogP contribution is -2.38. The molecule has 0 aliphatic rings. The van der Waals surface area contributed by atoms with Crippen LogP contribution < -0.4 is 5.32 Å². The first kappa shape index (κ1) is 19.1. The van der Waals surface area contributed by atoms with Crippen molar-refractivity contribution in [1.29, 1.82) is 0 Å². The lowest BCUT2D eigenvalue weighted by atomic mass is 10.1. The standard InChI is InChI=1S/C11H23ClN2O.C2H6/c1-3-9-14(4-2)11(5-7-12)6-8-13-10-15;1-2/h10-11H,3-9H2,1-2H3,(H,13,15);1-2H3. The van der Waals surface area contributed by atoms with Crippen molar-refractivity contribution < 1.29 is 4.79 Å². The highest BCUT2D eigenvalue weighted by molar-refractivity contribution is 6.17. The predicted octanol–water partition coefficient (Wildman–Crippen LogP) is 2.88. The van der Waals surface area contributed by atoms with E-state index in [0.29, 0.717) is 11.9 Å². The van der Waals surface area contributed by atoms with Gasteiger partial charge in [-0.05, 0) is 32.4 Å². The minimum Gasteiger partial charge on any atom is -0.359 e. The normalized spacial score (nSPS) is 11.6. The first-order valence-electron chi connectivity index (χ1n) is 6.77. The first-order valence-corrected chi connectivity index (χ1v) is 7.30. The average Bonchev–Trinajstić information content (AvgIpc) is 2.38. The monoisotopic (exact) mass is 264 g/mol. The summed E-state index contributed by atoms with van der Waals surface area (Å²) in [6.45, 7) is 11.3. The molecule has 0 heterocycles. The Labute approximate surface area is 112 Å². The molecule has 0 bridgehead atoms. The van der Waals surface area contributed by atoms with Gasteiger partial charge in [0, 0.05) is 18.5 Å². The maximum atomic E-state index is 10.2. The van der Waals surface area contributed by atoms with Crippen LogP contribution in [0.4, 0.5) is 0 Å². The van der Waals surface area contributed by atoms with Gasteiger partial charge >= 0.3 is 0 Å². The van der Waals surface area contributed by atoms with Gasteiger partial charge in [0.05, 0.1) is 0 Å². The maximum Gasteiger partial charge on any atom is 0.207 e. The van der Waals surface area contributed by atoms with Gasteiger partial charge in [0.25, 0.3) is 0 Å². The number of hydrogen-bond donors (Lipinski definition) is 1. The lowest BCUT2D eigenvalue weighted by molar-refractivity contribution is -0.109. The number of hydrogen-bond acceptors (Lipinski definition) is 2. The fourth-order valence-electron chi connectivity index (χ4n) is 1.83. The molecule has 1 amide bonds. The van der Waals surface area contributed by atoms with Gasteiger partial charge in [-0.2, -0.15) is 0 Å². The highest BCUT2D eigenvalue weighted by Crippen LogP contribution is 2.10. The minimum atomic E-state index is 0.500. The fourth-order valence-corrected chi connectivity index (χ4v) is 2.08. The molecule has 0 radical (unpaired) electrons. The van der Waals surface area contributed by atoms with Gasteiger partial charge < -0.3 is 10.2 Å². The van der Waals surface area contributed by atoms with Gasteiger partial charge in [-0.3, -0.25) is 4.79 Å². The molecule has 0 rings (SSSR count). The molecule has 0 aromatic carbocycles. The summed E-state index contributed by atoms with van der Waals surface area (Å²) in [6.07, 6.45) is 3.90. The van der Waals surface area contributed by atoms with Gasteiger partial charge in [-0.25, -0.2) is 0 Å². The van der Waals surface area contributed by atoms with E-state index in [4.69, 9.17) is 11.6 Å². The van der Waals surface area contributed by atoms with Gasteiger partial charge in [0.1, 0.15) is 0 Å². The SMILES string of the molecule is CC.CCCN(CC)C(CCCl)CCNC=O. The summed E-state index contributed by atoms with van der Waals surface area (Å²) in [4.78, 5) is 12.6. The Kier molecular flexibility index (Phi) is 17.6. The first-order chi connectivity index (χ1) is 8.29. The molecule has 4 heteroatoms. The predicted molar refractivity (Wildman–Crippen MR) is 76.7 cm³/mol. The van der Waals surface area contributed by atoms with Crippen LogP contribution in [0.15, 0.2) is 0 Å². The summed E-state index contributed by atoms with van der Waals surface area (Å²) in [5.41, 5.74) is 0. The molecule has 0 fully saturated rings. The molecule has 1 unspecified atom stereocenters. The number of carbonyl (C=O) groups is 1. The zero-order chi connectivity index (χ0) is 13.5. The van der Waals surface area contributed by atoms with E-state index in [9.17, 15) is 4.79 Å². The largest absolute Gasteiger partial charge is 0.359 e. The highest BCUT2D eigenvalue weighted by atomic mass is 35.5. The van der Waals surface area contributed by atoms with Crippen LogP contribution in [-0.4, -0.2) is 42.9 Å². The molecule has 0 aliphatic carbocycles. The second-order valence-electron chi connectivity index (χ2n) is 3.62. The Morgan fingerprint density at radius 2 is 1.94 bits per heavy atom. The topological polar surface area (TPSA) is 32.3 Å². The van der Waals surface area contributed by atoms with E-state index in [0.717, 1.165) is 45.3 Å². The van der Waals surface area contributed by atoms with Crippen molar-refractivity contribution in [2.24, 2.45) is 0 Å². The van der Waals surface area contributed by atoms with Crippen LogP contribution in [-0.2, 0) is 4.79 Å². The summed E-state index contributed by atoms with van der Waals surface area (Å²) in [7, 11) is 0. The Hall–Kier alpha value is -0.280. The fraction of sp³-hybridized carbons (Fsp3) is 0.923. The van der Waals surface area contributed by atoms with Crippen LogP contribution in [0.5, 0.6) is 0 Å². The third-order valence-corrected chi connectivity index (χ3v) is 2.80. The van der Waals surface area contributed by atoms with E-state index in [2.05, 4.69) is 24.1 Å². The van der Waals surface area contributed by atoms with Crippen molar-refractivity contribution in [2.75, 3.05) is 25.5 Å². The zero-order valence-electron chi connectivity index (χ0n) is 11.8. The van der Waals surface area contributed by atoms with Crippen molar-refractivity contribution in [1.82, 2.24) is 10.2 Å². The van der Waals surface area contributed by atoms with E-state index in [1.165, 1.54) is 0 Å². The summed E-state index contributed by atoms with van der Waals surface area (Å²) >= 11 is 5.79.